The second-order valence-electron chi connectivity index (χ2n) is 5.48. The average molecular weight is 322 g/mol. The van der Waals surface area contributed by atoms with Crippen molar-refractivity contribution in [2.75, 3.05) is 5.32 Å². The SMILES string of the molecule is Cc1ccc(CNC(=O)Nc2cccc(-n3nnnc3C)c2)cc1. The molecule has 7 heteroatoms. The fourth-order valence-electron chi connectivity index (χ4n) is 2.25. The zero-order valence-electron chi connectivity index (χ0n) is 13.5. The molecule has 2 N–H and O–H groups in total. The fraction of sp³-hybridized carbons (Fsp3) is 0.176. The molecule has 0 saturated heterocycles. The largest absolute Gasteiger partial charge is 0.334 e. The molecule has 3 aromatic rings. The molecule has 122 valence electrons. The molecule has 1 heterocycles. The van der Waals surface area contributed by atoms with Crippen LogP contribution in [0, 0.1) is 13.8 Å². The zero-order valence-corrected chi connectivity index (χ0v) is 13.5. The van der Waals surface area contributed by atoms with E-state index in [1.54, 1.807) is 4.68 Å². The molecule has 7 nitrogen and oxygen atoms in total. The molecular formula is C17H18N6O. The summed E-state index contributed by atoms with van der Waals surface area (Å²) in [5.41, 5.74) is 3.70. The summed E-state index contributed by atoms with van der Waals surface area (Å²) in [7, 11) is 0. The van der Waals surface area contributed by atoms with Crippen molar-refractivity contribution in [2.45, 2.75) is 20.4 Å². The van der Waals surface area contributed by atoms with Crippen LogP contribution in [0.2, 0.25) is 0 Å². The van der Waals surface area contributed by atoms with Gasteiger partial charge in [-0.2, -0.15) is 4.68 Å². The molecule has 0 saturated carbocycles. The lowest BCUT2D eigenvalue weighted by molar-refractivity contribution is 0.251. The van der Waals surface area contributed by atoms with E-state index in [-0.39, 0.29) is 6.03 Å². The molecule has 24 heavy (non-hydrogen) atoms. The van der Waals surface area contributed by atoms with Crippen LogP contribution in [0.25, 0.3) is 5.69 Å². The van der Waals surface area contributed by atoms with Crippen LogP contribution in [-0.2, 0) is 6.54 Å². The van der Waals surface area contributed by atoms with Crippen LogP contribution in [0.5, 0.6) is 0 Å². The first-order chi connectivity index (χ1) is 11.6. The molecule has 0 aliphatic rings. The Kier molecular flexibility index (Phi) is 4.51. The Morgan fingerprint density at radius 1 is 1.12 bits per heavy atom. The highest BCUT2D eigenvalue weighted by molar-refractivity contribution is 5.89. The summed E-state index contributed by atoms with van der Waals surface area (Å²) in [4.78, 5) is 12.0. The highest BCUT2D eigenvalue weighted by atomic mass is 16.2. The first-order valence-corrected chi connectivity index (χ1v) is 7.57. The molecule has 0 atom stereocenters. The zero-order chi connectivity index (χ0) is 16.9. The van der Waals surface area contributed by atoms with Crippen molar-refractivity contribution < 1.29 is 4.79 Å². The van der Waals surface area contributed by atoms with Crippen LogP contribution in [0.3, 0.4) is 0 Å². The first kappa shape index (κ1) is 15.7. The van der Waals surface area contributed by atoms with Crippen LogP contribution in [0.1, 0.15) is 17.0 Å². The van der Waals surface area contributed by atoms with E-state index in [2.05, 4.69) is 26.2 Å². The summed E-state index contributed by atoms with van der Waals surface area (Å²) < 4.78 is 1.61. The maximum atomic E-state index is 12.0. The third kappa shape index (κ3) is 3.75. The van der Waals surface area contributed by atoms with E-state index >= 15 is 0 Å². The second-order valence-corrected chi connectivity index (χ2v) is 5.48. The third-order valence-electron chi connectivity index (χ3n) is 3.55. The molecule has 0 bridgehead atoms. The van der Waals surface area contributed by atoms with Crippen molar-refractivity contribution in [3.63, 3.8) is 0 Å². The third-order valence-corrected chi connectivity index (χ3v) is 3.55. The second kappa shape index (κ2) is 6.91. The molecule has 1 aromatic heterocycles. The Hall–Kier alpha value is -3.22. The normalized spacial score (nSPS) is 10.4. The number of nitrogens with zero attached hydrogens (tertiary/aromatic N) is 4. The van der Waals surface area contributed by atoms with Gasteiger partial charge in [-0.05, 0) is 48.0 Å². The molecule has 0 spiro atoms. The maximum Gasteiger partial charge on any atom is 0.319 e. The van der Waals surface area contributed by atoms with Crippen molar-refractivity contribution in [1.29, 1.82) is 0 Å². The van der Waals surface area contributed by atoms with Gasteiger partial charge in [0.15, 0.2) is 5.82 Å². The van der Waals surface area contributed by atoms with Gasteiger partial charge in [-0.1, -0.05) is 35.9 Å². The van der Waals surface area contributed by atoms with Gasteiger partial charge in [0.1, 0.15) is 0 Å². The van der Waals surface area contributed by atoms with Crippen molar-refractivity contribution >= 4 is 11.7 Å². The molecule has 0 radical (unpaired) electrons. The van der Waals surface area contributed by atoms with Gasteiger partial charge in [0.2, 0.25) is 0 Å². The topological polar surface area (TPSA) is 84.7 Å². The number of benzene rings is 2. The Balaban J connectivity index is 1.62. The molecule has 0 unspecified atom stereocenters. The smallest absolute Gasteiger partial charge is 0.319 e. The summed E-state index contributed by atoms with van der Waals surface area (Å²) >= 11 is 0. The van der Waals surface area contributed by atoms with Crippen molar-refractivity contribution in [3.8, 4) is 5.69 Å². The van der Waals surface area contributed by atoms with Crippen LogP contribution in [-0.4, -0.2) is 26.2 Å². The van der Waals surface area contributed by atoms with E-state index in [9.17, 15) is 4.79 Å². The lowest BCUT2D eigenvalue weighted by Crippen LogP contribution is -2.28. The summed E-state index contributed by atoms with van der Waals surface area (Å²) in [5.74, 6) is 0.677. The Morgan fingerprint density at radius 2 is 1.92 bits per heavy atom. The van der Waals surface area contributed by atoms with E-state index < -0.39 is 0 Å². The highest BCUT2D eigenvalue weighted by Crippen LogP contribution is 2.14. The average Bonchev–Trinajstić information content (AvgIpc) is 3.01. The molecule has 2 amide bonds. The highest BCUT2D eigenvalue weighted by Gasteiger charge is 2.06. The number of hydrogen-bond donors (Lipinski definition) is 2. The minimum Gasteiger partial charge on any atom is -0.334 e. The van der Waals surface area contributed by atoms with Gasteiger partial charge < -0.3 is 10.6 Å². The van der Waals surface area contributed by atoms with E-state index in [1.807, 2.05) is 62.4 Å². The standard InChI is InChI=1S/C17H18N6O/c1-12-6-8-14(9-7-12)11-18-17(24)19-15-4-3-5-16(10-15)23-13(2)20-21-22-23/h3-10H,11H2,1-2H3,(H2,18,19,24). The Morgan fingerprint density at radius 3 is 2.62 bits per heavy atom. The van der Waals surface area contributed by atoms with E-state index in [4.69, 9.17) is 0 Å². The summed E-state index contributed by atoms with van der Waals surface area (Å²) in [5, 5.41) is 17.0. The predicted octanol–water partition coefficient (Wildman–Crippen LogP) is 2.60. The lowest BCUT2D eigenvalue weighted by atomic mass is 10.1. The van der Waals surface area contributed by atoms with Crippen molar-refractivity contribution in [1.82, 2.24) is 25.5 Å². The molecule has 0 fully saturated rings. The van der Waals surface area contributed by atoms with Gasteiger partial charge in [0.05, 0.1) is 5.69 Å². The van der Waals surface area contributed by atoms with Gasteiger partial charge in [-0.25, -0.2) is 4.79 Å². The predicted molar refractivity (Wildman–Crippen MR) is 90.9 cm³/mol. The van der Waals surface area contributed by atoms with Gasteiger partial charge in [0, 0.05) is 12.2 Å². The number of nitrogens with one attached hydrogen (secondary N) is 2. The molecule has 0 aliphatic carbocycles. The summed E-state index contributed by atoms with van der Waals surface area (Å²) in [6.07, 6.45) is 0. The van der Waals surface area contributed by atoms with Crippen LogP contribution >= 0.6 is 0 Å². The monoisotopic (exact) mass is 322 g/mol. The van der Waals surface area contributed by atoms with Gasteiger partial charge in [-0.3, -0.25) is 0 Å². The van der Waals surface area contributed by atoms with E-state index in [0.29, 0.717) is 18.1 Å². The number of carbonyl (C=O) groups is 1. The molecule has 2 aromatic carbocycles. The van der Waals surface area contributed by atoms with Crippen molar-refractivity contribution in [3.05, 3.63) is 65.5 Å². The van der Waals surface area contributed by atoms with E-state index in [0.717, 1.165) is 11.3 Å². The number of aryl methyl sites for hydroxylation is 2. The molecular weight excluding hydrogens is 304 g/mol. The minimum absolute atomic E-state index is 0.263. The first-order valence-electron chi connectivity index (χ1n) is 7.57. The number of rotatable bonds is 4. The summed E-state index contributed by atoms with van der Waals surface area (Å²) in [6.45, 7) is 4.32. The quantitative estimate of drug-likeness (QED) is 0.773. The molecule has 3 rings (SSSR count). The van der Waals surface area contributed by atoms with Crippen LogP contribution in [0.15, 0.2) is 48.5 Å². The minimum atomic E-state index is -0.263. The number of amides is 2. The molecule has 0 aliphatic heterocycles. The van der Waals surface area contributed by atoms with Crippen LogP contribution in [0.4, 0.5) is 10.5 Å². The van der Waals surface area contributed by atoms with Crippen molar-refractivity contribution in [2.24, 2.45) is 0 Å². The number of carbonyl (C=O) groups excluding carboxylic acids is 1. The van der Waals surface area contributed by atoms with Gasteiger partial charge in [-0.15, -0.1) is 5.10 Å². The number of anilines is 1. The summed E-state index contributed by atoms with van der Waals surface area (Å²) in [6, 6.07) is 15.1. The van der Waals surface area contributed by atoms with Crippen LogP contribution < -0.4 is 10.6 Å². The van der Waals surface area contributed by atoms with E-state index in [1.165, 1.54) is 5.56 Å². The number of tetrazole rings is 1. The lowest BCUT2D eigenvalue weighted by Gasteiger charge is -2.09. The number of aromatic nitrogens is 4. The Labute approximate surface area is 139 Å². The number of urea groups is 1. The van der Waals surface area contributed by atoms with Gasteiger partial charge in [0.25, 0.3) is 0 Å². The number of hydrogen-bond acceptors (Lipinski definition) is 4. The van der Waals surface area contributed by atoms with Gasteiger partial charge >= 0.3 is 6.03 Å². The fourth-order valence-corrected chi connectivity index (χ4v) is 2.25. The Bertz CT molecular complexity index is 840. The maximum absolute atomic E-state index is 12.0.